The molecule has 2 amide bonds. The molecule has 2 heterocycles. The molecule has 0 aliphatic rings. The van der Waals surface area contributed by atoms with Crippen molar-refractivity contribution in [1.82, 2.24) is 20.1 Å². The molecule has 0 unspecified atom stereocenters. The number of hydrogen-bond donors (Lipinski definition) is 2. The second-order valence-corrected chi connectivity index (χ2v) is 5.29. The summed E-state index contributed by atoms with van der Waals surface area (Å²) >= 11 is 1.28. The van der Waals surface area contributed by atoms with Gasteiger partial charge in [-0.2, -0.15) is 5.10 Å². The van der Waals surface area contributed by atoms with E-state index in [9.17, 15) is 9.59 Å². The zero-order valence-electron chi connectivity index (χ0n) is 12.1. The molecule has 0 spiro atoms. The maximum atomic E-state index is 12.1. The number of aromatic nitrogens is 3. The van der Waals surface area contributed by atoms with Crippen molar-refractivity contribution in [2.75, 3.05) is 12.4 Å². The second kappa shape index (κ2) is 6.49. The van der Waals surface area contributed by atoms with Crippen molar-refractivity contribution in [3.8, 4) is 0 Å². The quantitative estimate of drug-likeness (QED) is 0.869. The van der Waals surface area contributed by atoms with E-state index in [4.69, 9.17) is 0 Å². The number of nitrogens with zero attached hydrogens (tertiary/aromatic N) is 3. The highest BCUT2D eigenvalue weighted by molar-refractivity contribution is 7.14. The molecule has 0 aliphatic carbocycles. The van der Waals surface area contributed by atoms with Crippen LogP contribution in [0.25, 0.3) is 0 Å². The zero-order chi connectivity index (χ0) is 15.4. The van der Waals surface area contributed by atoms with E-state index in [1.165, 1.54) is 11.3 Å². The molecule has 0 aliphatic heterocycles. The predicted octanol–water partition coefficient (Wildman–Crippen LogP) is 1.21. The Morgan fingerprint density at radius 1 is 1.43 bits per heavy atom. The third-order valence-electron chi connectivity index (χ3n) is 2.91. The summed E-state index contributed by atoms with van der Waals surface area (Å²) in [6, 6.07) is 1.73. The number of hydrogen-bond acceptors (Lipinski definition) is 5. The number of amides is 2. The van der Waals surface area contributed by atoms with E-state index in [0.717, 1.165) is 5.69 Å². The highest BCUT2D eigenvalue weighted by atomic mass is 32.1. The topological polar surface area (TPSA) is 88.9 Å². The lowest BCUT2D eigenvalue weighted by molar-refractivity contribution is -0.120. The third kappa shape index (κ3) is 3.66. The third-order valence-corrected chi connectivity index (χ3v) is 3.71. The summed E-state index contributed by atoms with van der Waals surface area (Å²) in [5.74, 6) is -0.415. The minimum absolute atomic E-state index is 0.115. The summed E-state index contributed by atoms with van der Waals surface area (Å²) in [5.41, 5.74) is 1.92. The van der Waals surface area contributed by atoms with E-state index < -0.39 is 0 Å². The first-order valence-electron chi connectivity index (χ1n) is 6.54. The number of anilines is 1. The van der Waals surface area contributed by atoms with Crippen LogP contribution in [0.1, 0.15) is 28.8 Å². The van der Waals surface area contributed by atoms with Gasteiger partial charge in [0.2, 0.25) is 5.91 Å². The summed E-state index contributed by atoms with van der Waals surface area (Å²) in [6.45, 7) is 4.58. The number of rotatable bonds is 5. The van der Waals surface area contributed by atoms with Crippen LogP contribution in [0.4, 0.5) is 5.13 Å². The fraction of sp³-hybridized carbons (Fsp3) is 0.385. The molecule has 0 fully saturated rings. The lowest BCUT2D eigenvalue weighted by Crippen LogP contribution is -2.20. The fourth-order valence-corrected chi connectivity index (χ4v) is 2.51. The van der Waals surface area contributed by atoms with E-state index in [-0.39, 0.29) is 18.2 Å². The number of carbonyl (C=O) groups is 2. The molecule has 21 heavy (non-hydrogen) atoms. The van der Waals surface area contributed by atoms with Crippen LogP contribution < -0.4 is 10.6 Å². The molecule has 7 nitrogen and oxygen atoms in total. The average Bonchev–Trinajstić information content (AvgIpc) is 3.05. The van der Waals surface area contributed by atoms with E-state index in [2.05, 4.69) is 20.7 Å². The minimum Gasteiger partial charge on any atom is -0.359 e. The Morgan fingerprint density at radius 3 is 2.81 bits per heavy atom. The smallest absolute Gasteiger partial charge is 0.277 e. The standard InChI is InChI=1S/C13H17N5O2S/c1-4-18-8(2)5-10(17-18)12(20)16-13-15-9(7-21-13)6-11(19)14-3/h5,7H,4,6H2,1-3H3,(H,14,19)(H,15,16,20). The van der Waals surface area contributed by atoms with Gasteiger partial charge in [-0.15, -0.1) is 11.3 Å². The first kappa shape index (κ1) is 15.2. The van der Waals surface area contributed by atoms with Crippen molar-refractivity contribution < 1.29 is 9.59 Å². The van der Waals surface area contributed by atoms with Gasteiger partial charge >= 0.3 is 0 Å². The monoisotopic (exact) mass is 307 g/mol. The van der Waals surface area contributed by atoms with Gasteiger partial charge in [-0.05, 0) is 19.9 Å². The van der Waals surface area contributed by atoms with Gasteiger partial charge in [-0.3, -0.25) is 19.6 Å². The first-order chi connectivity index (χ1) is 10.0. The van der Waals surface area contributed by atoms with Crippen LogP contribution in [0.15, 0.2) is 11.4 Å². The Labute approximate surface area is 126 Å². The largest absolute Gasteiger partial charge is 0.359 e. The lowest BCUT2D eigenvalue weighted by Gasteiger charge is -1.98. The molecule has 0 saturated carbocycles. The molecule has 2 rings (SSSR count). The first-order valence-corrected chi connectivity index (χ1v) is 7.42. The number of carbonyl (C=O) groups excluding carboxylic acids is 2. The van der Waals surface area contributed by atoms with Gasteiger partial charge in [0.25, 0.3) is 5.91 Å². The zero-order valence-corrected chi connectivity index (χ0v) is 13.0. The molecule has 0 atom stereocenters. The molecular formula is C13H17N5O2S. The second-order valence-electron chi connectivity index (χ2n) is 4.43. The Bertz CT molecular complexity index is 661. The molecular weight excluding hydrogens is 290 g/mol. The van der Waals surface area contributed by atoms with Crippen LogP contribution in [0, 0.1) is 6.92 Å². The number of likely N-dealkylation sites (N-methyl/N-ethyl adjacent to an activating group) is 1. The molecule has 2 aromatic heterocycles. The van der Waals surface area contributed by atoms with E-state index in [1.54, 1.807) is 23.2 Å². The number of aryl methyl sites for hydroxylation is 2. The van der Waals surface area contributed by atoms with Crippen molar-refractivity contribution in [3.05, 3.63) is 28.5 Å². The SMILES string of the molecule is CCn1nc(C(=O)Nc2nc(CC(=O)NC)cs2)cc1C. The molecule has 0 saturated heterocycles. The molecule has 112 valence electrons. The van der Waals surface area contributed by atoms with Crippen LogP contribution in [0.5, 0.6) is 0 Å². The summed E-state index contributed by atoms with van der Waals surface area (Å²) in [4.78, 5) is 27.5. The molecule has 0 aromatic carbocycles. The lowest BCUT2D eigenvalue weighted by atomic mass is 10.3. The normalized spacial score (nSPS) is 10.4. The van der Waals surface area contributed by atoms with E-state index >= 15 is 0 Å². The van der Waals surface area contributed by atoms with Crippen LogP contribution >= 0.6 is 11.3 Å². The van der Waals surface area contributed by atoms with Crippen LogP contribution in [0.2, 0.25) is 0 Å². The molecule has 2 aromatic rings. The summed E-state index contributed by atoms with van der Waals surface area (Å²) in [7, 11) is 1.57. The molecule has 0 radical (unpaired) electrons. The van der Waals surface area contributed by atoms with Gasteiger partial charge < -0.3 is 5.32 Å². The molecule has 8 heteroatoms. The van der Waals surface area contributed by atoms with Gasteiger partial charge in [0.1, 0.15) is 0 Å². The van der Waals surface area contributed by atoms with Crippen LogP contribution in [-0.2, 0) is 17.8 Å². The fourth-order valence-electron chi connectivity index (χ4n) is 1.80. The number of nitrogens with one attached hydrogen (secondary N) is 2. The van der Waals surface area contributed by atoms with Gasteiger partial charge in [0, 0.05) is 24.7 Å². The van der Waals surface area contributed by atoms with Gasteiger partial charge in [0.05, 0.1) is 12.1 Å². The summed E-state index contributed by atoms with van der Waals surface area (Å²) < 4.78 is 1.76. The summed E-state index contributed by atoms with van der Waals surface area (Å²) in [6.07, 6.45) is 0.201. The van der Waals surface area contributed by atoms with Crippen LogP contribution in [0.3, 0.4) is 0 Å². The maximum absolute atomic E-state index is 12.1. The van der Waals surface area contributed by atoms with Gasteiger partial charge in [0.15, 0.2) is 10.8 Å². The van der Waals surface area contributed by atoms with Crippen molar-refractivity contribution in [2.45, 2.75) is 26.8 Å². The highest BCUT2D eigenvalue weighted by Crippen LogP contribution is 2.17. The number of thiazole rings is 1. The Balaban J connectivity index is 2.03. The van der Waals surface area contributed by atoms with Crippen LogP contribution in [-0.4, -0.2) is 33.6 Å². The van der Waals surface area contributed by atoms with E-state index in [0.29, 0.717) is 23.1 Å². The van der Waals surface area contributed by atoms with Crippen molar-refractivity contribution >= 4 is 28.3 Å². The van der Waals surface area contributed by atoms with E-state index in [1.807, 2.05) is 13.8 Å². The Morgan fingerprint density at radius 2 is 2.19 bits per heavy atom. The highest BCUT2D eigenvalue weighted by Gasteiger charge is 2.14. The van der Waals surface area contributed by atoms with Crippen molar-refractivity contribution in [1.29, 1.82) is 0 Å². The maximum Gasteiger partial charge on any atom is 0.277 e. The predicted molar refractivity (Wildman–Crippen MR) is 80.5 cm³/mol. The molecule has 0 bridgehead atoms. The Hall–Kier alpha value is -2.22. The average molecular weight is 307 g/mol. The van der Waals surface area contributed by atoms with Crippen molar-refractivity contribution in [2.24, 2.45) is 0 Å². The minimum atomic E-state index is -0.300. The van der Waals surface area contributed by atoms with Gasteiger partial charge in [-0.1, -0.05) is 0 Å². The summed E-state index contributed by atoms with van der Waals surface area (Å²) in [5, 5.41) is 11.6. The van der Waals surface area contributed by atoms with Crippen molar-refractivity contribution in [3.63, 3.8) is 0 Å². The Kier molecular flexibility index (Phi) is 4.69. The van der Waals surface area contributed by atoms with Gasteiger partial charge in [-0.25, -0.2) is 4.98 Å². The molecule has 2 N–H and O–H groups in total.